The van der Waals surface area contributed by atoms with E-state index in [-0.39, 0.29) is 5.91 Å². The summed E-state index contributed by atoms with van der Waals surface area (Å²) < 4.78 is 0. The number of piperazine rings is 1. The van der Waals surface area contributed by atoms with Crippen molar-refractivity contribution in [1.82, 2.24) is 15.1 Å². The van der Waals surface area contributed by atoms with Crippen molar-refractivity contribution in [1.29, 1.82) is 0 Å². The smallest absolute Gasteiger partial charge is 0.261 e. The highest BCUT2D eigenvalue weighted by Gasteiger charge is 2.18. The van der Waals surface area contributed by atoms with Gasteiger partial charge in [-0.2, -0.15) is 0 Å². The monoisotopic (exact) mass is 337 g/mol. The minimum absolute atomic E-state index is 0.0838. The predicted molar refractivity (Wildman–Crippen MR) is 98.5 cm³/mol. The summed E-state index contributed by atoms with van der Waals surface area (Å²) in [6.45, 7) is 16.3. The first-order valence-corrected chi connectivity index (χ1v) is 9.67. The summed E-state index contributed by atoms with van der Waals surface area (Å²) >= 11 is 1.63. The lowest BCUT2D eigenvalue weighted by Crippen LogP contribution is -2.48. The zero-order valence-electron chi connectivity index (χ0n) is 15.0. The first-order valence-electron chi connectivity index (χ1n) is 8.85. The van der Waals surface area contributed by atoms with Gasteiger partial charge in [-0.15, -0.1) is 11.3 Å². The molecule has 23 heavy (non-hydrogen) atoms. The second-order valence-corrected chi connectivity index (χ2v) is 7.76. The molecular weight excluding hydrogens is 306 g/mol. The van der Waals surface area contributed by atoms with Gasteiger partial charge < -0.3 is 15.1 Å². The van der Waals surface area contributed by atoms with Gasteiger partial charge in [-0.25, -0.2) is 0 Å². The SMILES string of the molecule is CCc1sc(C(=O)NC[C@@H](C)CN2CCN(CC)CC2)cc1C. The molecule has 1 fully saturated rings. The molecule has 0 aliphatic carbocycles. The third kappa shape index (κ3) is 5.30. The first kappa shape index (κ1) is 18.4. The highest BCUT2D eigenvalue weighted by atomic mass is 32.1. The summed E-state index contributed by atoms with van der Waals surface area (Å²) in [5.74, 6) is 0.569. The number of likely N-dealkylation sites (N-methyl/N-ethyl adjacent to an activating group) is 1. The quantitative estimate of drug-likeness (QED) is 0.831. The summed E-state index contributed by atoms with van der Waals surface area (Å²) in [4.78, 5) is 19.5. The van der Waals surface area contributed by atoms with Crippen LogP contribution in [0.4, 0.5) is 0 Å². The first-order chi connectivity index (χ1) is 11.0. The molecule has 0 aromatic carbocycles. The molecule has 130 valence electrons. The number of amides is 1. The van der Waals surface area contributed by atoms with E-state index >= 15 is 0 Å². The lowest BCUT2D eigenvalue weighted by Gasteiger charge is -2.35. The van der Waals surface area contributed by atoms with Gasteiger partial charge in [0, 0.05) is 44.1 Å². The third-order valence-corrected chi connectivity index (χ3v) is 6.04. The topological polar surface area (TPSA) is 35.6 Å². The minimum atomic E-state index is 0.0838. The van der Waals surface area contributed by atoms with Crippen LogP contribution in [0.1, 0.15) is 40.9 Å². The molecule has 0 radical (unpaired) electrons. The molecule has 0 bridgehead atoms. The van der Waals surface area contributed by atoms with Crippen molar-refractivity contribution in [2.45, 2.75) is 34.1 Å². The van der Waals surface area contributed by atoms with Crippen LogP contribution in [0.2, 0.25) is 0 Å². The Bertz CT molecular complexity index is 506. The second kappa shape index (κ2) is 8.81. The number of aryl methyl sites for hydroxylation is 2. The van der Waals surface area contributed by atoms with E-state index in [4.69, 9.17) is 0 Å². The standard InChI is InChI=1S/C18H31N3OS/c1-5-16-15(4)11-17(23-16)18(22)19-12-14(3)13-21-9-7-20(6-2)8-10-21/h11,14H,5-10,12-13H2,1-4H3,(H,19,22)/t14-/m1/s1. The Morgan fingerprint density at radius 1 is 1.26 bits per heavy atom. The van der Waals surface area contributed by atoms with E-state index in [1.54, 1.807) is 11.3 Å². The molecule has 1 aromatic rings. The zero-order valence-corrected chi connectivity index (χ0v) is 15.8. The van der Waals surface area contributed by atoms with Crippen LogP contribution < -0.4 is 5.32 Å². The fourth-order valence-corrected chi connectivity index (χ4v) is 4.16. The fraction of sp³-hybridized carbons (Fsp3) is 0.722. The number of nitrogens with one attached hydrogen (secondary N) is 1. The highest BCUT2D eigenvalue weighted by Crippen LogP contribution is 2.22. The predicted octanol–water partition coefficient (Wildman–Crippen LogP) is 2.62. The maximum Gasteiger partial charge on any atom is 0.261 e. The number of carbonyl (C=O) groups excluding carboxylic acids is 1. The molecule has 2 heterocycles. The van der Waals surface area contributed by atoms with Crippen molar-refractivity contribution in [3.63, 3.8) is 0 Å². The molecule has 1 saturated heterocycles. The summed E-state index contributed by atoms with van der Waals surface area (Å²) in [6.07, 6.45) is 1.00. The maximum absolute atomic E-state index is 12.3. The van der Waals surface area contributed by atoms with Gasteiger partial charge >= 0.3 is 0 Å². The summed E-state index contributed by atoms with van der Waals surface area (Å²) in [6, 6.07) is 2.02. The largest absolute Gasteiger partial charge is 0.351 e. The van der Waals surface area contributed by atoms with Crippen LogP contribution in [0.3, 0.4) is 0 Å². The van der Waals surface area contributed by atoms with E-state index in [1.165, 1.54) is 23.5 Å². The van der Waals surface area contributed by atoms with Gasteiger partial charge in [0.2, 0.25) is 0 Å². The van der Waals surface area contributed by atoms with E-state index in [9.17, 15) is 4.79 Å². The van der Waals surface area contributed by atoms with E-state index in [0.717, 1.165) is 44.0 Å². The molecule has 1 aromatic heterocycles. The van der Waals surface area contributed by atoms with Crippen molar-refractivity contribution < 1.29 is 4.79 Å². The van der Waals surface area contributed by atoms with Gasteiger partial charge in [0.25, 0.3) is 5.91 Å². The molecular formula is C18H31N3OS. The van der Waals surface area contributed by atoms with Gasteiger partial charge in [-0.05, 0) is 37.4 Å². The van der Waals surface area contributed by atoms with Gasteiger partial charge in [0.1, 0.15) is 0 Å². The molecule has 2 rings (SSSR count). The summed E-state index contributed by atoms with van der Waals surface area (Å²) in [5, 5.41) is 3.11. The van der Waals surface area contributed by atoms with Crippen LogP contribution in [0, 0.1) is 12.8 Å². The highest BCUT2D eigenvalue weighted by molar-refractivity contribution is 7.14. The van der Waals surface area contributed by atoms with E-state index < -0.39 is 0 Å². The lowest BCUT2D eigenvalue weighted by molar-refractivity contribution is 0.0937. The van der Waals surface area contributed by atoms with Crippen LogP contribution >= 0.6 is 11.3 Å². The van der Waals surface area contributed by atoms with Gasteiger partial charge in [0.05, 0.1) is 4.88 Å². The third-order valence-electron chi connectivity index (χ3n) is 4.66. The molecule has 1 N–H and O–H groups in total. The molecule has 1 amide bonds. The molecule has 0 spiro atoms. The van der Waals surface area contributed by atoms with Crippen LogP contribution in [-0.4, -0.2) is 61.5 Å². The normalized spacial score (nSPS) is 18.1. The van der Waals surface area contributed by atoms with Gasteiger partial charge in [-0.1, -0.05) is 20.8 Å². The Morgan fingerprint density at radius 3 is 2.48 bits per heavy atom. The number of nitrogens with zero attached hydrogens (tertiary/aromatic N) is 2. The number of thiophene rings is 1. The maximum atomic E-state index is 12.3. The van der Waals surface area contributed by atoms with Gasteiger partial charge in [-0.3, -0.25) is 4.79 Å². The average Bonchev–Trinajstić information content (AvgIpc) is 2.94. The number of rotatable bonds is 7. The molecule has 4 nitrogen and oxygen atoms in total. The summed E-state index contributed by atoms with van der Waals surface area (Å²) in [5.41, 5.74) is 1.24. The van der Waals surface area contributed by atoms with Crippen molar-refractivity contribution in [3.05, 3.63) is 21.4 Å². The minimum Gasteiger partial charge on any atom is -0.351 e. The fourth-order valence-electron chi connectivity index (χ4n) is 3.13. The van der Waals surface area contributed by atoms with Crippen molar-refractivity contribution in [2.24, 2.45) is 5.92 Å². The van der Waals surface area contributed by atoms with Gasteiger partial charge in [0.15, 0.2) is 0 Å². The molecule has 5 heteroatoms. The van der Waals surface area contributed by atoms with E-state index in [2.05, 4.69) is 42.8 Å². The van der Waals surface area contributed by atoms with Crippen molar-refractivity contribution >= 4 is 17.2 Å². The van der Waals surface area contributed by atoms with E-state index in [0.29, 0.717) is 5.92 Å². The zero-order chi connectivity index (χ0) is 16.8. The van der Waals surface area contributed by atoms with Crippen LogP contribution in [0.15, 0.2) is 6.07 Å². The average molecular weight is 338 g/mol. The Labute approximate surface area is 144 Å². The molecule has 1 aliphatic heterocycles. The van der Waals surface area contributed by atoms with Crippen molar-refractivity contribution in [2.75, 3.05) is 45.8 Å². The number of carbonyl (C=O) groups is 1. The van der Waals surface area contributed by atoms with Crippen molar-refractivity contribution in [3.8, 4) is 0 Å². The Kier molecular flexibility index (Phi) is 7.06. The Morgan fingerprint density at radius 2 is 1.91 bits per heavy atom. The van der Waals surface area contributed by atoms with E-state index in [1.807, 2.05) is 6.07 Å². The molecule has 1 aliphatic rings. The lowest BCUT2D eigenvalue weighted by atomic mass is 10.1. The molecule has 0 saturated carbocycles. The number of hydrogen-bond acceptors (Lipinski definition) is 4. The Hall–Kier alpha value is -0.910. The summed E-state index contributed by atoms with van der Waals surface area (Å²) in [7, 11) is 0. The Balaban J connectivity index is 1.73. The molecule has 1 atom stereocenters. The molecule has 0 unspecified atom stereocenters. The number of hydrogen-bond donors (Lipinski definition) is 1. The van der Waals surface area contributed by atoms with Crippen LogP contribution in [0.5, 0.6) is 0 Å². The van der Waals surface area contributed by atoms with Crippen LogP contribution in [0.25, 0.3) is 0 Å². The second-order valence-electron chi connectivity index (χ2n) is 6.62. The van der Waals surface area contributed by atoms with Crippen LogP contribution in [-0.2, 0) is 6.42 Å².